The molecule has 4 rings (SSSR count). The van der Waals surface area contributed by atoms with E-state index in [4.69, 9.17) is 11.6 Å². The van der Waals surface area contributed by atoms with E-state index >= 15 is 0 Å². The van der Waals surface area contributed by atoms with Crippen molar-refractivity contribution in [3.8, 4) is 0 Å². The van der Waals surface area contributed by atoms with Crippen LogP contribution < -0.4 is 4.90 Å². The van der Waals surface area contributed by atoms with E-state index in [9.17, 15) is 9.59 Å². The molecule has 29 heavy (non-hydrogen) atoms. The van der Waals surface area contributed by atoms with Gasteiger partial charge in [-0.1, -0.05) is 41.4 Å². The number of halogens is 1. The second-order valence-corrected chi connectivity index (χ2v) is 8.19. The van der Waals surface area contributed by atoms with E-state index in [-0.39, 0.29) is 11.8 Å². The predicted octanol–water partition coefficient (Wildman–Crippen LogP) is 3.49. The Labute approximate surface area is 176 Å². The summed E-state index contributed by atoms with van der Waals surface area (Å²) in [7, 11) is 2.07. The average molecular weight is 410 g/mol. The van der Waals surface area contributed by atoms with Crippen LogP contribution in [0, 0.1) is 13.8 Å². The van der Waals surface area contributed by atoms with E-state index in [1.54, 1.807) is 18.2 Å². The molecule has 0 aromatic heterocycles. The first kappa shape index (κ1) is 19.7. The molecule has 2 amide bonds. The van der Waals surface area contributed by atoms with Gasteiger partial charge in [0.15, 0.2) is 0 Å². The fourth-order valence-electron chi connectivity index (χ4n) is 3.91. The molecule has 0 spiro atoms. The molecule has 5 nitrogen and oxygen atoms in total. The number of aryl methyl sites for hydroxylation is 2. The Hall–Kier alpha value is -2.63. The smallest absolute Gasteiger partial charge is 0.282 e. The number of hydrogen-bond acceptors (Lipinski definition) is 4. The van der Waals surface area contributed by atoms with Crippen molar-refractivity contribution in [1.82, 2.24) is 9.80 Å². The number of nitrogens with zero attached hydrogens (tertiary/aromatic N) is 3. The predicted molar refractivity (Wildman–Crippen MR) is 116 cm³/mol. The second-order valence-electron chi connectivity index (χ2n) is 7.76. The summed E-state index contributed by atoms with van der Waals surface area (Å²) >= 11 is 6.09. The van der Waals surface area contributed by atoms with Crippen LogP contribution in [0.1, 0.15) is 16.7 Å². The van der Waals surface area contributed by atoms with Gasteiger partial charge in [-0.2, -0.15) is 0 Å². The van der Waals surface area contributed by atoms with Crippen molar-refractivity contribution < 1.29 is 9.59 Å². The third kappa shape index (κ3) is 3.56. The van der Waals surface area contributed by atoms with E-state index in [0.29, 0.717) is 35.1 Å². The van der Waals surface area contributed by atoms with E-state index in [1.807, 2.05) is 38.1 Å². The van der Waals surface area contributed by atoms with Gasteiger partial charge in [-0.3, -0.25) is 9.59 Å². The maximum absolute atomic E-state index is 13.5. The fraction of sp³-hybridized carbons (Fsp3) is 0.304. The Bertz CT molecular complexity index is 1010. The van der Waals surface area contributed by atoms with Crippen LogP contribution in [-0.2, 0) is 9.59 Å². The van der Waals surface area contributed by atoms with Gasteiger partial charge in [0.1, 0.15) is 5.70 Å². The van der Waals surface area contributed by atoms with Gasteiger partial charge in [0.2, 0.25) is 0 Å². The second kappa shape index (κ2) is 7.65. The maximum atomic E-state index is 13.5. The molecule has 150 valence electrons. The zero-order valence-electron chi connectivity index (χ0n) is 16.9. The van der Waals surface area contributed by atoms with Crippen LogP contribution in [0.15, 0.2) is 48.2 Å². The number of hydrogen-bond donors (Lipinski definition) is 0. The van der Waals surface area contributed by atoms with E-state index < -0.39 is 0 Å². The molecule has 0 bridgehead atoms. The zero-order valence-corrected chi connectivity index (χ0v) is 17.7. The molecule has 2 aromatic rings. The third-order valence-corrected chi connectivity index (χ3v) is 5.85. The van der Waals surface area contributed by atoms with Crippen LogP contribution in [0.2, 0.25) is 5.02 Å². The summed E-state index contributed by atoms with van der Waals surface area (Å²) in [6, 6.07) is 13.0. The van der Waals surface area contributed by atoms with Crippen LogP contribution in [-0.4, -0.2) is 54.8 Å². The molecule has 1 saturated heterocycles. The van der Waals surface area contributed by atoms with Crippen molar-refractivity contribution in [2.45, 2.75) is 13.8 Å². The molecule has 0 N–H and O–H groups in total. The van der Waals surface area contributed by atoms with Gasteiger partial charge in [0, 0.05) is 31.2 Å². The molecule has 0 aliphatic carbocycles. The highest BCUT2D eigenvalue weighted by atomic mass is 35.5. The molecule has 2 aliphatic heterocycles. The lowest BCUT2D eigenvalue weighted by Crippen LogP contribution is -2.46. The first-order valence-corrected chi connectivity index (χ1v) is 10.1. The van der Waals surface area contributed by atoms with Gasteiger partial charge in [0.25, 0.3) is 11.8 Å². The average Bonchev–Trinajstić information content (AvgIpc) is 2.94. The Morgan fingerprint density at radius 3 is 2.14 bits per heavy atom. The van der Waals surface area contributed by atoms with Crippen molar-refractivity contribution in [3.63, 3.8) is 0 Å². The van der Waals surface area contributed by atoms with Gasteiger partial charge >= 0.3 is 0 Å². The Balaban J connectivity index is 1.82. The highest BCUT2D eigenvalue weighted by molar-refractivity contribution is 6.45. The fourth-order valence-corrected chi connectivity index (χ4v) is 4.14. The monoisotopic (exact) mass is 409 g/mol. The van der Waals surface area contributed by atoms with Gasteiger partial charge in [-0.25, -0.2) is 4.90 Å². The minimum Gasteiger partial charge on any atom is -0.364 e. The lowest BCUT2D eigenvalue weighted by molar-refractivity contribution is -0.120. The van der Waals surface area contributed by atoms with Crippen molar-refractivity contribution in [1.29, 1.82) is 0 Å². The Morgan fingerprint density at radius 2 is 1.52 bits per heavy atom. The first-order chi connectivity index (χ1) is 13.9. The molecule has 6 heteroatoms. The van der Waals surface area contributed by atoms with E-state index in [2.05, 4.69) is 16.8 Å². The summed E-state index contributed by atoms with van der Waals surface area (Å²) in [5.74, 6) is -0.543. The van der Waals surface area contributed by atoms with E-state index in [0.717, 1.165) is 29.8 Å². The number of likely N-dealkylation sites (N-methyl/N-ethyl adjacent to an activating group) is 1. The number of amides is 2. The summed E-state index contributed by atoms with van der Waals surface area (Å²) in [6.45, 7) is 7.01. The Kier molecular flexibility index (Phi) is 5.19. The van der Waals surface area contributed by atoms with Gasteiger partial charge in [-0.15, -0.1) is 0 Å². The highest BCUT2D eigenvalue weighted by Crippen LogP contribution is 2.37. The summed E-state index contributed by atoms with van der Waals surface area (Å²) in [4.78, 5) is 32.7. The molecule has 0 atom stereocenters. The van der Waals surface area contributed by atoms with Gasteiger partial charge < -0.3 is 9.80 Å². The van der Waals surface area contributed by atoms with Crippen LogP contribution in [0.5, 0.6) is 0 Å². The summed E-state index contributed by atoms with van der Waals surface area (Å²) < 4.78 is 0. The van der Waals surface area contributed by atoms with Crippen molar-refractivity contribution >= 4 is 34.7 Å². The number of rotatable bonds is 3. The topological polar surface area (TPSA) is 43.9 Å². The number of piperazine rings is 1. The van der Waals surface area contributed by atoms with Gasteiger partial charge in [0.05, 0.1) is 11.3 Å². The van der Waals surface area contributed by atoms with Gasteiger partial charge in [-0.05, 0) is 50.2 Å². The normalized spacial score (nSPS) is 18.2. The lowest BCUT2D eigenvalue weighted by atomic mass is 10.0. The quantitative estimate of drug-likeness (QED) is 0.728. The SMILES string of the molecule is Cc1ccc(C2=C(N3CCN(C)CC3)C(=O)N(c3ccc(Cl)cc3C)C2=O)cc1. The minimum atomic E-state index is -0.279. The molecule has 2 aromatic carbocycles. The van der Waals surface area contributed by atoms with Crippen molar-refractivity contribution in [2.75, 3.05) is 38.1 Å². The molecular weight excluding hydrogens is 386 g/mol. The van der Waals surface area contributed by atoms with Crippen LogP contribution in [0.25, 0.3) is 5.57 Å². The molecule has 1 fully saturated rings. The van der Waals surface area contributed by atoms with Crippen LogP contribution in [0.3, 0.4) is 0 Å². The molecule has 2 aliphatic rings. The Morgan fingerprint density at radius 1 is 0.862 bits per heavy atom. The lowest BCUT2D eigenvalue weighted by Gasteiger charge is -2.34. The summed E-state index contributed by atoms with van der Waals surface area (Å²) in [5, 5.41) is 0.580. The number of imide groups is 1. The maximum Gasteiger partial charge on any atom is 0.282 e. The third-order valence-electron chi connectivity index (χ3n) is 5.62. The zero-order chi connectivity index (χ0) is 20.7. The highest BCUT2D eigenvalue weighted by Gasteiger charge is 2.43. The number of benzene rings is 2. The first-order valence-electron chi connectivity index (χ1n) is 9.76. The molecule has 0 unspecified atom stereocenters. The molecular formula is C23H24ClN3O2. The number of carbonyl (C=O) groups is 2. The summed E-state index contributed by atoms with van der Waals surface area (Å²) in [6.07, 6.45) is 0. The van der Waals surface area contributed by atoms with Crippen molar-refractivity contribution in [2.24, 2.45) is 0 Å². The number of anilines is 1. The largest absolute Gasteiger partial charge is 0.364 e. The van der Waals surface area contributed by atoms with Crippen LogP contribution >= 0.6 is 11.6 Å². The standard InChI is InChI=1S/C23H24ClN3O2/c1-15-4-6-17(7-5-15)20-21(26-12-10-25(3)11-13-26)23(29)27(22(20)28)19-9-8-18(24)14-16(19)2/h4-9,14H,10-13H2,1-3H3. The molecule has 0 saturated carbocycles. The summed E-state index contributed by atoms with van der Waals surface area (Å²) in [5.41, 5.74) is 4.24. The minimum absolute atomic E-state index is 0.263. The van der Waals surface area contributed by atoms with Crippen LogP contribution in [0.4, 0.5) is 5.69 Å². The number of carbonyl (C=O) groups excluding carboxylic acids is 2. The van der Waals surface area contributed by atoms with E-state index in [1.165, 1.54) is 4.90 Å². The van der Waals surface area contributed by atoms with Crippen molar-refractivity contribution in [3.05, 3.63) is 69.9 Å². The molecule has 2 heterocycles. The molecule has 0 radical (unpaired) electrons.